The van der Waals surface area contributed by atoms with Gasteiger partial charge in [-0.15, -0.1) is 0 Å². The number of alkyl halides is 3. The Hall–Kier alpha value is -1.57. The second kappa shape index (κ2) is 3.73. The first-order chi connectivity index (χ1) is 7.88. The van der Waals surface area contributed by atoms with E-state index in [-0.39, 0.29) is 5.52 Å². The Bertz CT molecular complexity index is 618. The number of halogens is 3. The van der Waals surface area contributed by atoms with Crippen LogP contribution in [0.4, 0.5) is 13.2 Å². The van der Waals surface area contributed by atoms with E-state index in [1.165, 1.54) is 12.1 Å². The molecule has 0 spiro atoms. The molecule has 0 bridgehead atoms. The number of hydrogen-bond acceptors (Lipinski definition) is 3. The number of rotatable bonds is 3. The van der Waals surface area contributed by atoms with Gasteiger partial charge in [-0.2, -0.15) is 8.78 Å². The van der Waals surface area contributed by atoms with Crippen LogP contribution in [0.3, 0.4) is 0 Å². The number of nitrogens with zero attached hydrogens (tertiary/aromatic N) is 1. The predicted molar refractivity (Wildman–Crippen MR) is 54.2 cm³/mol. The summed E-state index contributed by atoms with van der Waals surface area (Å²) in [6.07, 6.45) is 0. The highest BCUT2D eigenvalue weighted by Gasteiger charge is 2.48. The Morgan fingerprint density at radius 1 is 1.29 bits per heavy atom. The molecular formula is C9H7F3N2O2S. The van der Waals surface area contributed by atoms with Crippen molar-refractivity contribution in [2.24, 2.45) is 0 Å². The van der Waals surface area contributed by atoms with Gasteiger partial charge in [0, 0.05) is 0 Å². The quantitative estimate of drug-likeness (QED) is 0.920. The van der Waals surface area contributed by atoms with Gasteiger partial charge in [-0.3, -0.25) is 0 Å². The van der Waals surface area contributed by atoms with Crippen molar-refractivity contribution >= 4 is 20.9 Å². The van der Waals surface area contributed by atoms with Crippen LogP contribution in [0.15, 0.2) is 29.4 Å². The molecule has 0 amide bonds. The van der Waals surface area contributed by atoms with Crippen LogP contribution in [0.2, 0.25) is 0 Å². The van der Waals surface area contributed by atoms with Crippen molar-refractivity contribution in [1.82, 2.24) is 9.97 Å². The van der Waals surface area contributed by atoms with Crippen molar-refractivity contribution in [1.29, 1.82) is 0 Å². The Balaban J connectivity index is 2.61. The van der Waals surface area contributed by atoms with Gasteiger partial charge in [-0.25, -0.2) is 17.8 Å². The maximum atomic E-state index is 12.9. The van der Waals surface area contributed by atoms with Gasteiger partial charge >= 0.3 is 5.25 Å². The van der Waals surface area contributed by atoms with E-state index in [1.807, 2.05) is 0 Å². The van der Waals surface area contributed by atoms with E-state index in [9.17, 15) is 21.6 Å². The normalized spacial score (nSPS) is 13.1. The number of fused-ring (bicyclic) bond motifs is 1. The summed E-state index contributed by atoms with van der Waals surface area (Å²) in [6.45, 7) is -2.29. The maximum Gasteiger partial charge on any atom is 0.380 e. The van der Waals surface area contributed by atoms with E-state index in [2.05, 4.69) is 9.97 Å². The van der Waals surface area contributed by atoms with Crippen LogP contribution >= 0.6 is 0 Å². The molecule has 17 heavy (non-hydrogen) atoms. The smallest absolute Gasteiger partial charge is 0.329 e. The molecule has 4 nitrogen and oxygen atoms in total. The van der Waals surface area contributed by atoms with Crippen molar-refractivity contribution in [3.8, 4) is 0 Å². The lowest BCUT2D eigenvalue weighted by Gasteiger charge is -2.10. The van der Waals surface area contributed by atoms with Gasteiger partial charge in [0.1, 0.15) is 0 Å². The SMILES string of the molecule is O=S(=O)(c1nc2ccccc2[nH]1)C(F)(F)CF. The molecule has 0 atom stereocenters. The molecule has 0 aliphatic carbocycles. The monoisotopic (exact) mass is 264 g/mol. The molecular weight excluding hydrogens is 257 g/mol. The van der Waals surface area contributed by atoms with Crippen molar-refractivity contribution in [3.63, 3.8) is 0 Å². The molecule has 1 aromatic carbocycles. The minimum Gasteiger partial charge on any atom is -0.329 e. The zero-order valence-electron chi connectivity index (χ0n) is 8.32. The zero-order valence-corrected chi connectivity index (χ0v) is 9.14. The summed E-state index contributed by atoms with van der Waals surface area (Å²) in [4.78, 5) is 5.74. The van der Waals surface area contributed by atoms with Gasteiger partial charge in [0.25, 0.3) is 9.84 Å². The number of aromatic nitrogens is 2. The summed E-state index contributed by atoms with van der Waals surface area (Å²) >= 11 is 0. The van der Waals surface area contributed by atoms with Crippen LogP contribution in [-0.4, -0.2) is 30.3 Å². The molecule has 8 heteroatoms. The van der Waals surface area contributed by atoms with Crippen LogP contribution in [-0.2, 0) is 9.84 Å². The topological polar surface area (TPSA) is 62.8 Å². The summed E-state index contributed by atoms with van der Waals surface area (Å²) in [7, 11) is -5.13. The van der Waals surface area contributed by atoms with E-state index in [1.54, 1.807) is 12.1 Å². The van der Waals surface area contributed by atoms with Crippen LogP contribution in [0.1, 0.15) is 0 Å². The van der Waals surface area contributed by atoms with Crippen LogP contribution in [0, 0.1) is 0 Å². The minimum absolute atomic E-state index is 0.223. The lowest BCUT2D eigenvalue weighted by molar-refractivity contribution is 0.0615. The molecule has 0 fully saturated rings. The first-order valence-corrected chi connectivity index (χ1v) is 6.00. The highest BCUT2D eigenvalue weighted by Crippen LogP contribution is 2.28. The molecule has 2 rings (SSSR count). The number of nitrogens with one attached hydrogen (secondary N) is 1. The molecule has 0 radical (unpaired) electrons. The second-order valence-electron chi connectivity index (χ2n) is 3.33. The molecule has 1 aromatic heterocycles. The van der Waals surface area contributed by atoms with Gasteiger partial charge in [-0.05, 0) is 12.1 Å². The summed E-state index contributed by atoms with van der Waals surface area (Å²) in [5, 5.41) is -5.40. The van der Waals surface area contributed by atoms with Crippen LogP contribution in [0.5, 0.6) is 0 Å². The number of hydrogen-bond donors (Lipinski definition) is 1. The summed E-state index contributed by atoms with van der Waals surface area (Å²) in [5.74, 6) is 0. The molecule has 0 aliphatic rings. The van der Waals surface area contributed by atoms with E-state index < -0.39 is 26.9 Å². The third-order valence-corrected chi connectivity index (χ3v) is 3.77. The Kier molecular flexibility index (Phi) is 2.61. The summed E-state index contributed by atoms with van der Waals surface area (Å²) in [6, 6.07) is 6.10. The molecule has 0 unspecified atom stereocenters. The lowest BCUT2D eigenvalue weighted by atomic mass is 10.3. The minimum atomic E-state index is -5.13. The maximum absolute atomic E-state index is 12.9. The van der Waals surface area contributed by atoms with Gasteiger partial charge in [-0.1, -0.05) is 12.1 Å². The van der Waals surface area contributed by atoms with Crippen molar-refractivity contribution in [2.45, 2.75) is 10.4 Å². The summed E-state index contributed by atoms with van der Waals surface area (Å²) < 4.78 is 60.6. The van der Waals surface area contributed by atoms with E-state index in [0.717, 1.165) is 0 Å². The van der Waals surface area contributed by atoms with E-state index in [4.69, 9.17) is 0 Å². The number of sulfone groups is 1. The predicted octanol–water partition coefficient (Wildman–Crippen LogP) is 1.90. The number of benzene rings is 1. The Morgan fingerprint density at radius 2 is 1.94 bits per heavy atom. The number of para-hydroxylation sites is 2. The highest BCUT2D eigenvalue weighted by molar-refractivity contribution is 7.92. The van der Waals surface area contributed by atoms with Crippen LogP contribution < -0.4 is 0 Å². The fourth-order valence-corrected chi connectivity index (χ4v) is 2.16. The van der Waals surface area contributed by atoms with Crippen molar-refractivity contribution < 1.29 is 21.6 Å². The summed E-state index contributed by atoms with van der Waals surface area (Å²) in [5.41, 5.74) is 0.515. The third-order valence-electron chi connectivity index (χ3n) is 2.17. The van der Waals surface area contributed by atoms with Gasteiger partial charge in [0.2, 0.25) is 5.16 Å². The molecule has 1 heterocycles. The average Bonchev–Trinajstić information content (AvgIpc) is 2.72. The van der Waals surface area contributed by atoms with E-state index >= 15 is 0 Å². The average molecular weight is 264 g/mol. The first kappa shape index (κ1) is 11.9. The van der Waals surface area contributed by atoms with Crippen LogP contribution in [0.25, 0.3) is 11.0 Å². The molecule has 0 saturated carbocycles. The molecule has 92 valence electrons. The van der Waals surface area contributed by atoms with Crippen molar-refractivity contribution in [3.05, 3.63) is 24.3 Å². The third kappa shape index (κ3) is 1.78. The number of H-pyrrole nitrogens is 1. The number of aromatic amines is 1. The Labute approximate surface area is 94.4 Å². The molecule has 0 aliphatic heterocycles. The molecule has 0 saturated heterocycles. The first-order valence-electron chi connectivity index (χ1n) is 4.51. The standard InChI is InChI=1S/C9H7F3N2O2S/c10-5-9(11,12)17(15,16)8-13-6-3-1-2-4-7(6)14-8/h1-4H,5H2,(H,13,14). The largest absolute Gasteiger partial charge is 0.380 e. The fraction of sp³-hybridized carbons (Fsp3) is 0.222. The van der Waals surface area contributed by atoms with E-state index in [0.29, 0.717) is 5.52 Å². The Morgan fingerprint density at radius 3 is 2.53 bits per heavy atom. The highest BCUT2D eigenvalue weighted by atomic mass is 32.2. The lowest BCUT2D eigenvalue weighted by Crippen LogP contribution is -2.31. The molecule has 2 aromatic rings. The fourth-order valence-electron chi connectivity index (χ4n) is 1.27. The van der Waals surface area contributed by atoms with Gasteiger partial charge in [0.05, 0.1) is 11.0 Å². The number of imidazole rings is 1. The molecule has 1 N–H and O–H groups in total. The van der Waals surface area contributed by atoms with Crippen molar-refractivity contribution in [2.75, 3.05) is 6.67 Å². The van der Waals surface area contributed by atoms with Gasteiger partial charge in [0.15, 0.2) is 6.67 Å². The zero-order chi connectivity index (χ0) is 12.7. The van der Waals surface area contributed by atoms with Gasteiger partial charge < -0.3 is 4.98 Å². The second-order valence-corrected chi connectivity index (χ2v) is 5.32.